The van der Waals surface area contributed by atoms with Gasteiger partial charge < -0.3 is 0 Å². The quantitative estimate of drug-likeness (QED) is 0.742. The fourth-order valence-electron chi connectivity index (χ4n) is 3.31. The fraction of sp³-hybridized carbons (Fsp3) is 0.571. The van der Waals surface area contributed by atoms with E-state index in [1.807, 2.05) is 6.07 Å². The van der Waals surface area contributed by atoms with E-state index in [1.165, 1.54) is 22.1 Å². The molecule has 0 amide bonds. The van der Waals surface area contributed by atoms with Gasteiger partial charge in [0.05, 0.1) is 4.34 Å². The van der Waals surface area contributed by atoms with Gasteiger partial charge in [-0.25, -0.2) is 0 Å². The molecule has 2 atom stereocenters. The molecular weight excluding hydrogens is 328 g/mol. The second-order valence-electron chi connectivity index (χ2n) is 5.70. The maximum absolute atomic E-state index is 12.9. The summed E-state index contributed by atoms with van der Waals surface area (Å²) in [5, 5.41) is 0. The highest BCUT2D eigenvalue weighted by Crippen LogP contribution is 2.40. The Morgan fingerprint density at radius 1 is 1.48 bits per heavy atom. The van der Waals surface area contributed by atoms with Crippen molar-refractivity contribution in [2.75, 3.05) is 13.1 Å². The molecule has 1 aliphatic heterocycles. The van der Waals surface area contributed by atoms with Crippen LogP contribution in [0.3, 0.4) is 0 Å². The van der Waals surface area contributed by atoms with Crippen LogP contribution in [0.5, 0.6) is 0 Å². The number of nitrogens with zero attached hydrogens (tertiary/aromatic N) is 2. The summed E-state index contributed by atoms with van der Waals surface area (Å²) in [6, 6.07) is 3.88. The predicted molar refractivity (Wildman–Crippen MR) is 86.7 cm³/mol. The molecule has 0 aromatic carbocycles. The first-order valence-electron chi connectivity index (χ1n) is 7.12. The zero-order chi connectivity index (χ0) is 15.0. The summed E-state index contributed by atoms with van der Waals surface area (Å²) in [6.07, 6.45) is 4.82. The Bertz CT molecular complexity index is 629. The molecule has 7 heteroatoms. The number of rotatable bonds is 6. The monoisotopic (exact) mass is 346 g/mol. The van der Waals surface area contributed by atoms with E-state index in [9.17, 15) is 8.42 Å². The zero-order valence-electron chi connectivity index (χ0n) is 11.7. The van der Waals surface area contributed by atoms with Gasteiger partial charge in [0, 0.05) is 30.6 Å². The summed E-state index contributed by atoms with van der Waals surface area (Å²) >= 11 is 7.36. The maximum Gasteiger partial charge on any atom is 0.282 e. The highest BCUT2D eigenvalue weighted by atomic mass is 35.5. The zero-order valence-corrected chi connectivity index (χ0v) is 14.1. The van der Waals surface area contributed by atoms with E-state index in [4.69, 9.17) is 11.6 Å². The molecule has 2 heterocycles. The second kappa shape index (κ2) is 6.01. The first kappa shape index (κ1) is 15.5. The minimum atomic E-state index is -3.42. The summed E-state index contributed by atoms with van der Waals surface area (Å²) in [6.45, 7) is 5.05. The SMILES string of the molecule is C=CCN(Cc1ccc(Cl)s1)S(=O)(=O)N1CC2CCC1C2. The number of thiophene rings is 1. The van der Waals surface area contributed by atoms with Crippen molar-refractivity contribution in [1.82, 2.24) is 8.61 Å². The third kappa shape index (κ3) is 3.05. The molecule has 2 unspecified atom stereocenters. The van der Waals surface area contributed by atoms with Crippen molar-refractivity contribution in [2.45, 2.75) is 31.8 Å². The van der Waals surface area contributed by atoms with Crippen molar-refractivity contribution in [3.63, 3.8) is 0 Å². The van der Waals surface area contributed by atoms with Crippen molar-refractivity contribution in [3.05, 3.63) is 34.0 Å². The van der Waals surface area contributed by atoms with Gasteiger partial charge >= 0.3 is 0 Å². The largest absolute Gasteiger partial charge is 0.282 e. The first-order chi connectivity index (χ1) is 10.0. The van der Waals surface area contributed by atoms with E-state index >= 15 is 0 Å². The van der Waals surface area contributed by atoms with Crippen molar-refractivity contribution < 1.29 is 8.42 Å². The van der Waals surface area contributed by atoms with Crippen LogP contribution in [0.25, 0.3) is 0 Å². The van der Waals surface area contributed by atoms with Crippen LogP contribution in [0.2, 0.25) is 4.34 Å². The number of halogens is 1. The number of fused-ring (bicyclic) bond motifs is 2. The van der Waals surface area contributed by atoms with Crippen LogP contribution in [0.4, 0.5) is 0 Å². The summed E-state index contributed by atoms with van der Waals surface area (Å²) in [4.78, 5) is 0.954. The highest BCUT2D eigenvalue weighted by Gasteiger charge is 2.45. The minimum Gasteiger partial charge on any atom is -0.195 e. The summed E-state index contributed by atoms with van der Waals surface area (Å²) in [5.41, 5.74) is 0. The smallest absolute Gasteiger partial charge is 0.195 e. The lowest BCUT2D eigenvalue weighted by molar-refractivity contribution is 0.297. The average Bonchev–Trinajstić information content (AvgIpc) is 3.15. The topological polar surface area (TPSA) is 40.6 Å². The van der Waals surface area contributed by atoms with E-state index in [1.54, 1.807) is 16.4 Å². The lowest BCUT2D eigenvalue weighted by atomic mass is 10.1. The molecule has 21 heavy (non-hydrogen) atoms. The van der Waals surface area contributed by atoms with Crippen molar-refractivity contribution >= 4 is 33.1 Å². The van der Waals surface area contributed by atoms with E-state index < -0.39 is 10.2 Å². The molecule has 0 radical (unpaired) electrons. The third-order valence-corrected chi connectivity index (χ3v) is 7.46. The molecule has 0 spiro atoms. The molecule has 3 rings (SSSR count). The molecule has 0 N–H and O–H groups in total. The van der Waals surface area contributed by atoms with E-state index in [2.05, 4.69) is 6.58 Å². The molecule has 1 aliphatic carbocycles. The van der Waals surface area contributed by atoms with Crippen LogP contribution in [-0.2, 0) is 16.8 Å². The van der Waals surface area contributed by atoms with Crippen LogP contribution >= 0.6 is 22.9 Å². The number of piperidine rings is 1. The molecule has 1 saturated carbocycles. The molecule has 2 aliphatic rings. The molecular formula is C14H19ClN2O2S2. The molecule has 1 aromatic heterocycles. The van der Waals surface area contributed by atoms with Gasteiger partial charge in [-0.15, -0.1) is 17.9 Å². The van der Waals surface area contributed by atoms with Gasteiger partial charge in [0.1, 0.15) is 0 Å². The minimum absolute atomic E-state index is 0.194. The molecule has 4 nitrogen and oxygen atoms in total. The van der Waals surface area contributed by atoms with E-state index in [0.29, 0.717) is 29.9 Å². The van der Waals surface area contributed by atoms with Gasteiger partial charge in [-0.05, 0) is 37.3 Å². The lowest BCUT2D eigenvalue weighted by Gasteiger charge is -2.31. The van der Waals surface area contributed by atoms with Crippen LogP contribution in [-0.4, -0.2) is 36.2 Å². The van der Waals surface area contributed by atoms with Crippen LogP contribution in [0.1, 0.15) is 24.1 Å². The van der Waals surface area contributed by atoms with Crippen molar-refractivity contribution in [3.8, 4) is 0 Å². The predicted octanol–water partition coefficient (Wildman–Crippen LogP) is 3.12. The molecule has 1 saturated heterocycles. The van der Waals surface area contributed by atoms with Gasteiger partial charge in [0.2, 0.25) is 0 Å². The van der Waals surface area contributed by atoms with Crippen LogP contribution in [0, 0.1) is 5.92 Å². The Labute approximate surface area is 135 Å². The molecule has 116 valence electrons. The maximum atomic E-state index is 12.9. The van der Waals surface area contributed by atoms with Gasteiger partial charge in [-0.2, -0.15) is 17.0 Å². The standard InChI is InChI=1S/C14H19ClN2O2S2/c1-2-7-16(10-13-5-6-14(15)20-13)21(18,19)17-9-11-3-4-12(17)8-11/h2,5-6,11-12H,1,3-4,7-10H2. The van der Waals surface area contributed by atoms with Crippen LogP contribution in [0.15, 0.2) is 24.8 Å². The van der Waals surface area contributed by atoms with Crippen molar-refractivity contribution in [1.29, 1.82) is 0 Å². The lowest BCUT2D eigenvalue weighted by Crippen LogP contribution is -2.46. The number of hydrogen-bond acceptors (Lipinski definition) is 3. The van der Waals surface area contributed by atoms with Crippen molar-refractivity contribution in [2.24, 2.45) is 5.92 Å². The fourth-order valence-corrected chi connectivity index (χ4v) is 6.35. The van der Waals surface area contributed by atoms with Gasteiger partial charge in [0.25, 0.3) is 10.2 Å². The summed E-state index contributed by atoms with van der Waals surface area (Å²) in [5.74, 6) is 0.548. The Morgan fingerprint density at radius 2 is 2.29 bits per heavy atom. The average molecular weight is 347 g/mol. The Kier molecular flexibility index (Phi) is 4.43. The van der Waals surface area contributed by atoms with Gasteiger partial charge in [-0.3, -0.25) is 0 Å². The second-order valence-corrected chi connectivity index (χ2v) is 9.38. The number of hydrogen-bond donors (Lipinski definition) is 0. The summed E-state index contributed by atoms with van der Waals surface area (Å²) in [7, 11) is -3.42. The molecule has 1 aromatic rings. The van der Waals surface area contributed by atoms with Crippen LogP contribution < -0.4 is 0 Å². The first-order valence-corrected chi connectivity index (χ1v) is 9.72. The van der Waals surface area contributed by atoms with E-state index in [0.717, 1.165) is 17.7 Å². The Balaban J connectivity index is 1.80. The summed E-state index contributed by atoms with van der Waals surface area (Å²) < 4.78 is 29.7. The third-order valence-electron chi connectivity index (χ3n) is 4.28. The normalized spacial score (nSPS) is 25.8. The van der Waals surface area contributed by atoms with Gasteiger partial charge in [-0.1, -0.05) is 17.7 Å². The molecule has 2 bridgehead atoms. The highest BCUT2D eigenvalue weighted by molar-refractivity contribution is 7.86. The molecule has 2 fully saturated rings. The Morgan fingerprint density at radius 3 is 2.81 bits per heavy atom. The van der Waals surface area contributed by atoms with E-state index in [-0.39, 0.29) is 6.04 Å². The Hall–Kier alpha value is -0.400. The van der Waals surface area contributed by atoms with Gasteiger partial charge in [0.15, 0.2) is 0 Å².